The van der Waals surface area contributed by atoms with Crippen molar-refractivity contribution >= 4 is 22.4 Å². The molecular weight excluding hydrogens is 286 g/mol. The minimum Gasteiger partial charge on any atom is -0.300 e. The summed E-state index contributed by atoms with van der Waals surface area (Å²) in [5.74, 6) is -0.109. The van der Waals surface area contributed by atoms with Crippen molar-refractivity contribution in [2.75, 3.05) is 5.32 Å². The molecule has 1 unspecified atom stereocenters. The molecule has 2 aromatic heterocycles. The van der Waals surface area contributed by atoms with Crippen LogP contribution >= 0.6 is 11.3 Å². The highest BCUT2D eigenvalue weighted by molar-refractivity contribution is 7.15. The van der Waals surface area contributed by atoms with Gasteiger partial charge in [0, 0.05) is 4.88 Å². The maximum atomic E-state index is 12.2. The van der Waals surface area contributed by atoms with Gasteiger partial charge in [0.05, 0.1) is 5.69 Å². The van der Waals surface area contributed by atoms with Gasteiger partial charge in [0.1, 0.15) is 18.7 Å². The van der Waals surface area contributed by atoms with Gasteiger partial charge in [0.2, 0.25) is 0 Å². The fourth-order valence-electron chi connectivity index (χ4n) is 2.51. The van der Waals surface area contributed by atoms with Gasteiger partial charge < -0.3 is 5.32 Å². The molecule has 6 nitrogen and oxygen atoms in total. The highest BCUT2D eigenvalue weighted by Crippen LogP contribution is 2.28. The van der Waals surface area contributed by atoms with Crippen LogP contribution in [-0.2, 0) is 17.6 Å². The van der Waals surface area contributed by atoms with Gasteiger partial charge in [-0.05, 0) is 32.6 Å². The number of rotatable bonds is 3. The highest BCUT2D eigenvalue weighted by Gasteiger charge is 2.19. The molecule has 1 atom stereocenters. The van der Waals surface area contributed by atoms with Crippen molar-refractivity contribution in [1.82, 2.24) is 19.7 Å². The molecule has 1 aliphatic carbocycles. The summed E-state index contributed by atoms with van der Waals surface area (Å²) >= 11 is 1.61. The third-order valence-electron chi connectivity index (χ3n) is 3.79. The lowest BCUT2D eigenvalue weighted by Crippen LogP contribution is -2.23. The molecule has 1 aliphatic rings. The number of carbonyl (C=O) groups excluding carboxylic acids is 1. The summed E-state index contributed by atoms with van der Waals surface area (Å²) in [4.78, 5) is 22.0. The van der Waals surface area contributed by atoms with E-state index in [1.807, 2.05) is 0 Å². The predicted octanol–water partition coefficient (Wildman–Crippen LogP) is 2.59. The topological polar surface area (TPSA) is 72.7 Å². The van der Waals surface area contributed by atoms with Crippen LogP contribution in [-0.4, -0.2) is 25.7 Å². The molecule has 2 aromatic rings. The van der Waals surface area contributed by atoms with Gasteiger partial charge >= 0.3 is 0 Å². The third-order valence-corrected chi connectivity index (χ3v) is 4.86. The Morgan fingerprint density at radius 2 is 2.14 bits per heavy atom. The van der Waals surface area contributed by atoms with Crippen molar-refractivity contribution in [2.45, 2.75) is 51.5 Å². The van der Waals surface area contributed by atoms with E-state index in [-0.39, 0.29) is 11.9 Å². The van der Waals surface area contributed by atoms with Crippen LogP contribution in [0.2, 0.25) is 0 Å². The predicted molar refractivity (Wildman–Crippen MR) is 81.4 cm³/mol. The quantitative estimate of drug-likeness (QED) is 0.946. The number of carbonyl (C=O) groups is 1. The number of hydrogen-bond acceptors (Lipinski definition) is 5. The van der Waals surface area contributed by atoms with Gasteiger partial charge in [-0.2, -0.15) is 5.10 Å². The summed E-state index contributed by atoms with van der Waals surface area (Å²) in [7, 11) is 0. The summed E-state index contributed by atoms with van der Waals surface area (Å²) in [6.45, 7) is 1.80. The molecule has 7 heteroatoms. The van der Waals surface area contributed by atoms with E-state index in [9.17, 15) is 4.79 Å². The molecule has 0 spiro atoms. The molecule has 1 amide bonds. The number of anilines is 1. The zero-order chi connectivity index (χ0) is 14.7. The van der Waals surface area contributed by atoms with Crippen LogP contribution in [0, 0.1) is 0 Å². The molecule has 0 fully saturated rings. The Balaban J connectivity index is 1.70. The molecule has 2 heterocycles. The van der Waals surface area contributed by atoms with Crippen molar-refractivity contribution in [3.8, 4) is 0 Å². The summed E-state index contributed by atoms with van der Waals surface area (Å²) in [5, 5.41) is 7.61. The molecule has 0 bridgehead atoms. The minimum absolute atomic E-state index is 0.109. The molecule has 3 rings (SSSR count). The molecule has 1 N–H and O–H groups in total. The summed E-state index contributed by atoms with van der Waals surface area (Å²) in [6, 6.07) is -0.390. The Bertz CT molecular complexity index is 581. The standard InChI is InChI=1S/C14H19N5OS/c1-10(19-9-15-8-16-19)13(20)18-14-17-11-6-4-2-3-5-7-12(11)21-14/h8-10H,2-7H2,1H3,(H,17,18,20). The number of nitrogens with one attached hydrogen (secondary N) is 1. The van der Waals surface area contributed by atoms with Gasteiger partial charge in [-0.1, -0.05) is 12.8 Å². The first-order valence-electron chi connectivity index (χ1n) is 7.37. The van der Waals surface area contributed by atoms with Crippen LogP contribution in [0.15, 0.2) is 12.7 Å². The lowest BCUT2D eigenvalue weighted by Gasteiger charge is -2.09. The Hall–Kier alpha value is -1.76. The van der Waals surface area contributed by atoms with E-state index in [1.54, 1.807) is 29.3 Å². The number of fused-ring (bicyclic) bond motifs is 1. The molecule has 0 aromatic carbocycles. The molecule has 0 saturated carbocycles. The van der Waals surface area contributed by atoms with E-state index >= 15 is 0 Å². The molecule has 0 saturated heterocycles. The zero-order valence-corrected chi connectivity index (χ0v) is 12.9. The molecule has 0 aliphatic heterocycles. The molecule has 21 heavy (non-hydrogen) atoms. The van der Waals surface area contributed by atoms with E-state index < -0.39 is 0 Å². The van der Waals surface area contributed by atoms with Gasteiger partial charge in [0.25, 0.3) is 5.91 Å². The van der Waals surface area contributed by atoms with E-state index in [1.165, 1.54) is 42.6 Å². The van der Waals surface area contributed by atoms with Gasteiger partial charge in [-0.3, -0.25) is 4.79 Å². The van der Waals surface area contributed by atoms with Crippen LogP contribution in [0.4, 0.5) is 5.13 Å². The average molecular weight is 305 g/mol. The van der Waals surface area contributed by atoms with Crippen LogP contribution in [0.1, 0.15) is 49.2 Å². The zero-order valence-electron chi connectivity index (χ0n) is 12.1. The summed E-state index contributed by atoms with van der Waals surface area (Å²) < 4.78 is 1.54. The van der Waals surface area contributed by atoms with Gasteiger partial charge in [-0.15, -0.1) is 11.3 Å². The van der Waals surface area contributed by atoms with E-state index in [0.717, 1.165) is 12.8 Å². The molecule has 0 radical (unpaired) electrons. The molecule has 112 valence electrons. The Kier molecular flexibility index (Phi) is 4.28. The van der Waals surface area contributed by atoms with Crippen LogP contribution in [0.5, 0.6) is 0 Å². The van der Waals surface area contributed by atoms with Gasteiger partial charge in [-0.25, -0.2) is 14.6 Å². The van der Waals surface area contributed by atoms with Crippen molar-refractivity contribution in [1.29, 1.82) is 0 Å². The second kappa shape index (κ2) is 6.34. The number of aryl methyl sites for hydroxylation is 2. The van der Waals surface area contributed by atoms with E-state index in [2.05, 4.69) is 20.4 Å². The molecular formula is C14H19N5OS. The monoisotopic (exact) mass is 305 g/mol. The number of amides is 1. The lowest BCUT2D eigenvalue weighted by molar-refractivity contribution is -0.119. The fourth-order valence-corrected chi connectivity index (χ4v) is 3.56. The van der Waals surface area contributed by atoms with Crippen molar-refractivity contribution in [3.05, 3.63) is 23.2 Å². The summed E-state index contributed by atoms with van der Waals surface area (Å²) in [6.07, 6.45) is 10.1. The minimum atomic E-state index is -0.390. The third kappa shape index (κ3) is 3.29. The normalized spacial score (nSPS) is 16.6. The smallest absolute Gasteiger partial charge is 0.250 e. The van der Waals surface area contributed by atoms with Crippen LogP contribution in [0.3, 0.4) is 0 Å². The first-order chi connectivity index (χ1) is 10.2. The Morgan fingerprint density at radius 3 is 2.90 bits per heavy atom. The average Bonchev–Trinajstić information content (AvgIpc) is 3.08. The Morgan fingerprint density at radius 1 is 1.33 bits per heavy atom. The second-order valence-electron chi connectivity index (χ2n) is 5.34. The van der Waals surface area contributed by atoms with Crippen LogP contribution in [0.25, 0.3) is 0 Å². The Labute approximate surface area is 127 Å². The summed E-state index contributed by atoms with van der Waals surface area (Å²) in [5.41, 5.74) is 1.17. The van der Waals surface area contributed by atoms with E-state index in [0.29, 0.717) is 5.13 Å². The number of hydrogen-bond donors (Lipinski definition) is 1. The lowest BCUT2D eigenvalue weighted by atomic mass is 10.0. The SMILES string of the molecule is CC(C(=O)Nc1nc2c(s1)CCCCCC2)n1cncn1. The number of aromatic nitrogens is 4. The first kappa shape index (κ1) is 14.2. The van der Waals surface area contributed by atoms with Crippen LogP contribution < -0.4 is 5.32 Å². The fraction of sp³-hybridized carbons (Fsp3) is 0.571. The van der Waals surface area contributed by atoms with Crippen molar-refractivity contribution in [2.24, 2.45) is 0 Å². The number of nitrogens with zero attached hydrogens (tertiary/aromatic N) is 4. The maximum Gasteiger partial charge on any atom is 0.250 e. The van der Waals surface area contributed by atoms with E-state index in [4.69, 9.17) is 0 Å². The second-order valence-corrected chi connectivity index (χ2v) is 6.43. The largest absolute Gasteiger partial charge is 0.300 e. The van der Waals surface area contributed by atoms with Crippen molar-refractivity contribution in [3.63, 3.8) is 0 Å². The maximum absolute atomic E-state index is 12.2. The first-order valence-corrected chi connectivity index (χ1v) is 8.19. The van der Waals surface area contributed by atoms with Crippen molar-refractivity contribution < 1.29 is 4.79 Å². The van der Waals surface area contributed by atoms with Gasteiger partial charge in [0.15, 0.2) is 5.13 Å². The highest BCUT2D eigenvalue weighted by atomic mass is 32.1. The number of thiazole rings is 1.